The first-order valence-electron chi connectivity index (χ1n) is 6.98. The minimum absolute atomic E-state index is 0.0471. The van der Waals surface area contributed by atoms with E-state index in [2.05, 4.69) is 5.32 Å². The van der Waals surface area contributed by atoms with Gasteiger partial charge >= 0.3 is 6.03 Å². The van der Waals surface area contributed by atoms with Crippen LogP contribution in [0.15, 0.2) is 0 Å². The maximum absolute atomic E-state index is 11.9. The van der Waals surface area contributed by atoms with E-state index in [0.717, 1.165) is 0 Å². The van der Waals surface area contributed by atoms with E-state index < -0.39 is 10.0 Å². The Labute approximate surface area is 126 Å². The quantitative estimate of drug-likeness (QED) is 0.714. The Bertz CT molecular complexity index is 470. The molecule has 21 heavy (non-hydrogen) atoms. The zero-order valence-electron chi connectivity index (χ0n) is 12.8. The van der Waals surface area contributed by atoms with Crippen molar-refractivity contribution in [1.29, 1.82) is 0 Å². The van der Waals surface area contributed by atoms with Gasteiger partial charge in [-0.25, -0.2) is 13.2 Å². The molecule has 0 aromatic heterocycles. The van der Waals surface area contributed by atoms with Crippen LogP contribution in [0.25, 0.3) is 0 Å². The summed E-state index contributed by atoms with van der Waals surface area (Å²) in [6.07, 6.45) is 0.253. The van der Waals surface area contributed by atoms with Crippen molar-refractivity contribution in [3.8, 4) is 0 Å². The Hall–Kier alpha value is -1.35. The SMILES string of the molecule is CCS(=O)(=O)N1CCN(C(=O)NCCC(=O)N(C)C)CC1. The molecule has 0 aromatic carbocycles. The number of nitrogens with one attached hydrogen (secondary N) is 1. The van der Waals surface area contributed by atoms with Crippen molar-refractivity contribution in [1.82, 2.24) is 19.4 Å². The number of nitrogens with zero attached hydrogens (tertiary/aromatic N) is 3. The second-order valence-corrected chi connectivity index (χ2v) is 7.31. The number of sulfonamides is 1. The molecule has 1 saturated heterocycles. The van der Waals surface area contributed by atoms with Crippen molar-refractivity contribution in [3.05, 3.63) is 0 Å². The predicted molar refractivity (Wildman–Crippen MR) is 79.3 cm³/mol. The summed E-state index contributed by atoms with van der Waals surface area (Å²) in [5.74, 6) is 0.0282. The molecule has 0 saturated carbocycles. The van der Waals surface area contributed by atoms with Gasteiger partial charge in [0.25, 0.3) is 0 Å². The molecule has 9 heteroatoms. The number of hydrogen-bond acceptors (Lipinski definition) is 4. The van der Waals surface area contributed by atoms with E-state index in [4.69, 9.17) is 0 Å². The smallest absolute Gasteiger partial charge is 0.317 e. The Morgan fingerprint density at radius 1 is 1.14 bits per heavy atom. The molecule has 0 unspecified atom stereocenters. The van der Waals surface area contributed by atoms with Gasteiger partial charge in [-0.15, -0.1) is 0 Å². The van der Waals surface area contributed by atoms with Crippen LogP contribution in [0.3, 0.4) is 0 Å². The molecule has 1 aliphatic heterocycles. The highest BCUT2D eigenvalue weighted by Gasteiger charge is 2.27. The monoisotopic (exact) mass is 320 g/mol. The van der Waals surface area contributed by atoms with E-state index in [9.17, 15) is 18.0 Å². The number of amides is 3. The average molecular weight is 320 g/mol. The van der Waals surface area contributed by atoms with Gasteiger partial charge in [0.1, 0.15) is 0 Å². The summed E-state index contributed by atoms with van der Waals surface area (Å²) >= 11 is 0. The van der Waals surface area contributed by atoms with Crippen molar-refractivity contribution >= 4 is 22.0 Å². The molecule has 8 nitrogen and oxygen atoms in total. The van der Waals surface area contributed by atoms with Gasteiger partial charge < -0.3 is 15.1 Å². The van der Waals surface area contributed by atoms with Gasteiger partial charge in [0.05, 0.1) is 5.75 Å². The van der Waals surface area contributed by atoms with Gasteiger partial charge in [-0.1, -0.05) is 0 Å². The summed E-state index contributed by atoms with van der Waals surface area (Å²) < 4.78 is 24.8. The van der Waals surface area contributed by atoms with Gasteiger partial charge in [0.15, 0.2) is 0 Å². The first-order valence-corrected chi connectivity index (χ1v) is 8.59. The number of carbonyl (C=O) groups is 2. The molecule has 1 N–H and O–H groups in total. The summed E-state index contributed by atoms with van der Waals surface area (Å²) in [6.45, 7) is 3.26. The third-order valence-corrected chi connectivity index (χ3v) is 5.28. The Morgan fingerprint density at radius 2 is 1.71 bits per heavy atom. The van der Waals surface area contributed by atoms with Crippen LogP contribution in [-0.2, 0) is 14.8 Å². The highest BCUT2D eigenvalue weighted by Crippen LogP contribution is 2.07. The van der Waals surface area contributed by atoms with E-state index in [1.807, 2.05) is 0 Å². The molecule has 1 aliphatic rings. The van der Waals surface area contributed by atoms with Crippen LogP contribution in [0.4, 0.5) is 4.79 Å². The highest BCUT2D eigenvalue weighted by molar-refractivity contribution is 7.89. The lowest BCUT2D eigenvalue weighted by molar-refractivity contribution is -0.128. The molecule has 0 radical (unpaired) electrons. The predicted octanol–water partition coefficient (Wildman–Crippen LogP) is -0.858. The molecule has 122 valence electrons. The van der Waals surface area contributed by atoms with Crippen molar-refractivity contribution in [2.24, 2.45) is 0 Å². The molecule has 3 amide bonds. The maximum atomic E-state index is 11.9. The molecule has 0 spiro atoms. The lowest BCUT2D eigenvalue weighted by atomic mass is 10.3. The topological polar surface area (TPSA) is 90.0 Å². The highest BCUT2D eigenvalue weighted by atomic mass is 32.2. The number of rotatable bonds is 5. The van der Waals surface area contributed by atoms with Crippen LogP contribution in [-0.4, -0.2) is 87.0 Å². The number of piperazine rings is 1. The zero-order valence-corrected chi connectivity index (χ0v) is 13.6. The van der Waals surface area contributed by atoms with Crippen molar-refractivity contribution in [2.75, 3.05) is 52.6 Å². The molecule has 1 fully saturated rings. The minimum atomic E-state index is -3.18. The molecular weight excluding hydrogens is 296 g/mol. The fourth-order valence-corrected chi connectivity index (χ4v) is 3.05. The van der Waals surface area contributed by atoms with E-state index in [1.165, 1.54) is 9.21 Å². The van der Waals surface area contributed by atoms with Gasteiger partial charge in [-0.2, -0.15) is 4.31 Å². The van der Waals surface area contributed by atoms with E-state index in [0.29, 0.717) is 26.2 Å². The lowest BCUT2D eigenvalue weighted by Crippen LogP contribution is -2.53. The third kappa shape index (κ3) is 5.16. The Kier molecular flexibility index (Phi) is 6.41. The van der Waals surface area contributed by atoms with Crippen LogP contribution in [0.1, 0.15) is 13.3 Å². The maximum Gasteiger partial charge on any atom is 0.317 e. The zero-order chi connectivity index (χ0) is 16.0. The summed E-state index contributed by atoms with van der Waals surface area (Å²) in [6, 6.07) is -0.255. The molecule has 0 aliphatic carbocycles. The van der Waals surface area contributed by atoms with Gasteiger partial charge in [-0.05, 0) is 6.92 Å². The molecule has 1 rings (SSSR count). The second-order valence-electron chi connectivity index (χ2n) is 5.06. The van der Waals surface area contributed by atoms with Gasteiger partial charge in [0.2, 0.25) is 15.9 Å². The second kappa shape index (κ2) is 7.60. The average Bonchev–Trinajstić information content (AvgIpc) is 2.47. The largest absolute Gasteiger partial charge is 0.349 e. The fourth-order valence-electron chi connectivity index (χ4n) is 1.96. The first-order chi connectivity index (χ1) is 9.77. The fraction of sp³-hybridized carbons (Fsp3) is 0.833. The number of urea groups is 1. The van der Waals surface area contributed by atoms with Crippen LogP contribution in [0.2, 0.25) is 0 Å². The molecule has 0 aromatic rings. The van der Waals surface area contributed by atoms with Crippen molar-refractivity contribution < 1.29 is 18.0 Å². The normalized spacial score (nSPS) is 16.6. The van der Waals surface area contributed by atoms with Crippen LogP contribution < -0.4 is 5.32 Å². The third-order valence-electron chi connectivity index (χ3n) is 3.40. The number of hydrogen-bond donors (Lipinski definition) is 1. The first kappa shape index (κ1) is 17.7. The van der Waals surface area contributed by atoms with Gasteiger partial charge in [0, 0.05) is 53.2 Å². The van der Waals surface area contributed by atoms with E-state index in [1.54, 1.807) is 25.9 Å². The van der Waals surface area contributed by atoms with E-state index in [-0.39, 0.29) is 30.7 Å². The standard InChI is InChI=1S/C12H24N4O4S/c1-4-21(19,20)16-9-7-15(8-10-16)12(18)13-6-5-11(17)14(2)3/h4-10H2,1-3H3,(H,13,18). The molecule has 1 heterocycles. The molecule has 0 bridgehead atoms. The lowest BCUT2D eigenvalue weighted by Gasteiger charge is -2.33. The Balaban J connectivity index is 2.34. The van der Waals surface area contributed by atoms with E-state index >= 15 is 0 Å². The number of carbonyl (C=O) groups excluding carboxylic acids is 2. The minimum Gasteiger partial charge on any atom is -0.349 e. The van der Waals surface area contributed by atoms with Gasteiger partial charge in [-0.3, -0.25) is 4.79 Å². The summed E-state index contributed by atoms with van der Waals surface area (Å²) in [5, 5.41) is 2.68. The summed E-state index contributed by atoms with van der Waals surface area (Å²) in [5.41, 5.74) is 0. The van der Waals surface area contributed by atoms with Crippen molar-refractivity contribution in [2.45, 2.75) is 13.3 Å². The van der Waals surface area contributed by atoms with Crippen LogP contribution in [0, 0.1) is 0 Å². The molecular formula is C12H24N4O4S. The van der Waals surface area contributed by atoms with Crippen LogP contribution >= 0.6 is 0 Å². The molecule has 0 atom stereocenters. The Morgan fingerprint density at radius 3 is 2.19 bits per heavy atom. The summed E-state index contributed by atoms with van der Waals surface area (Å²) in [7, 11) is 0.145. The van der Waals surface area contributed by atoms with Crippen molar-refractivity contribution in [3.63, 3.8) is 0 Å². The van der Waals surface area contributed by atoms with Crippen LogP contribution in [0.5, 0.6) is 0 Å². The summed E-state index contributed by atoms with van der Waals surface area (Å²) in [4.78, 5) is 26.3.